The van der Waals surface area contributed by atoms with Crippen molar-refractivity contribution in [1.82, 2.24) is 0 Å². The minimum atomic E-state index is -2.94. The maximum atomic E-state index is 6.83. The fourth-order valence-electron chi connectivity index (χ4n) is 2.01. The van der Waals surface area contributed by atoms with Crippen LogP contribution in [0.2, 0.25) is 0 Å². The quantitative estimate of drug-likeness (QED) is 0.287. The minimum Gasteiger partial charge on any atom is -0.405 e. The van der Waals surface area contributed by atoms with Gasteiger partial charge in [0.25, 0.3) is 0 Å². The maximum absolute atomic E-state index is 6.83. The molecule has 0 aromatic carbocycles. The van der Waals surface area contributed by atoms with E-state index in [0.717, 1.165) is 0 Å². The van der Waals surface area contributed by atoms with Crippen molar-refractivity contribution >= 4 is 18.5 Å². The van der Waals surface area contributed by atoms with Crippen LogP contribution in [0, 0.1) is 13.0 Å². The Morgan fingerprint density at radius 1 is 1.29 bits per heavy atom. The molecule has 1 aliphatic rings. The fourth-order valence-corrected chi connectivity index (χ4v) is 4.54. The van der Waals surface area contributed by atoms with Crippen molar-refractivity contribution in [3.63, 3.8) is 0 Å². The molecule has 4 atom stereocenters. The van der Waals surface area contributed by atoms with Gasteiger partial charge in [-0.3, -0.25) is 6.42 Å². The summed E-state index contributed by atoms with van der Waals surface area (Å²) in [5.41, 5.74) is 0. The molecule has 1 aliphatic heterocycles. The average Bonchev–Trinajstić information content (AvgIpc) is 2.75. The van der Waals surface area contributed by atoms with E-state index in [1.807, 2.05) is 41.0 Å². The zero-order valence-corrected chi connectivity index (χ0v) is 19.6. The first kappa shape index (κ1) is 25.0. The zero-order chi connectivity index (χ0) is 17.5. The van der Waals surface area contributed by atoms with E-state index >= 15 is 0 Å². The van der Waals surface area contributed by atoms with E-state index in [4.69, 9.17) is 41.4 Å². The summed E-state index contributed by atoms with van der Waals surface area (Å²) in [6.07, 6.45) is 1.29. The van der Waals surface area contributed by atoms with Crippen LogP contribution in [0.3, 0.4) is 0 Å². The molecule has 137 valence electrons. The molecule has 0 aromatic rings. The number of nitrogens with zero attached hydrogens (tertiary/aromatic N) is 1. The molecule has 24 heavy (non-hydrogen) atoms. The summed E-state index contributed by atoms with van der Waals surface area (Å²) in [5, 5.41) is 0. The van der Waals surface area contributed by atoms with Gasteiger partial charge in [-0.2, -0.15) is 0 Å². The number of rotatable bonds is 10. The molecule has 0 aliphatic carbocycles. The van der Waals surface area contributed by atoms with Gasteiger partial charge in [0.1, 0.15) is 6.61 Å². The Morgan fingerprint density at radius 2 is 1.96 bits per heavy atom. The summed E-state index contributed by atoms with van der Waals surface area (Å²) < 4.78 is 28.7. The molecule has 0 saturated carbocycles. The summed E-state index contributed by atoms with van der Waals surface area (Å²) >= 11 is 5.48. The molecule has 1 unspecified atom stereocenters. The molecule has 9 heteroatoms. The predicted octanol–water partition coefficient (Wildman–Crippen LogP) is 3.37. The average molecular weight is 453 g/mol. The first-order chi connectivity index (χ1) is 10.8. The van der Waals surface area contributed by atoms with Gasteiger partial charge >= 0.3 is 6.72 Å². The summed E-state index contributed by atoms with van der Waals surface area (Å²) in [5.74, 6) is 0. The second-order valence-electron chi connectivity index (χ2n) is 5.84. The first-order valence-corrected chi connectivity index (χ1v) is 10.4. The van der Waals surface area contributed by atoms with Crippen molar-refractivity contribution in [1.29, 1.82) is 0 Å². The van der Waals surface area contributed by atoms with E-state index in [1.165, 1.54) is 0 Å². The van der Waals surface area contributed by atoms with Crippen LogP contribution in [0.25, 0.3) is 4.85 Å². The van der Waals surface area contributed by atoms with Crippen molar-refractivity contribution in [3.8, 4) is 0 Å². The van der Waals surface area contributed by atoms with Crippen molar-refractivity contribution in [2.24, 2.45) is 0 Å². The van der Waals surface area contributed by atoms with Gasteiger partial charge in [-0.15, -0.1) is 0 Å². The molecule has 0 bridgehead atoms. The molecule has 1 fully saturated rings. The Morgan fingerprint density at radius 3 is 2.50 bits per heavy atom. The van der Waals surface area contributed by atoms with Gasteiger partial charge in [0, 0.05) is 32.7 Å². The number of ether oxygens (including phenoxy) is 2. The van der Waals surface area contributed by atoms with Crippen LogP contribution in [0.5, 0.6) is 0 Å². The topological polar surface area (TPSA) is 50.5 Å². The standard InChI is InChI=1S/C15H27NO5PS.Y/c1-11(2)17-10-15-14(9-13(5)19-15)21-22(23,20-12(3)4)18-8-7-16-6;/h9,11-15H,7-8,10H2,1-5H3;/q-1;/t13-,14+,15+,22?;/m0./s1. The summed E-state index contributed by atoms with van der Waals surface area (Å²) in [7, 11) is 0. The molecule has 0 spiro atoms. The van der Waals surface area contributed by atoms with Gasteiger partial charge in [0.15, 0.2) is 0 Å². The maximum Gasteiger partial charge on any atom is 0.325 e. The van der Waals surface area contributed by atoms with Crippen LogP contribution in [0.15, 0.2) is 0 Å². The van der Waals surface area contributed by atoms with Crippen molar-refractivity contribution in [3.05, 3.63) is 17.8 Å². The molecule has 0 N–H and O–H groups in total. The largest absolute Gasteiger partial charge is 0.405 e. The molecule has 0 amide bonds. The van der Waals surface area contributed by atoms with Gasteiger partial charge in [-0.1, -0.05) is 13.0 Å². The summed E-state index contributed by atoms with van der Waals surface area (Å²) in [6.45, 7) is 14.4. The van der Waals surface area contributed by atoms with Crippen LogP contribution in [-0.4, -0.2) is 50.3 Å². The van der Waals surface area contributed by atoms with Gasteiger partial charge in [0.05, 0.1) is 24.9 Å². The zero-order valence-electron chi connectivity index (χ0n) is 15.0. The van der Waals surface area contributed by atoms with Crippen molar-refractivity contribution in [2.75, 3.05) is 19.8 Å². The number of hydrogen-bond acceptors (Lipinski definition) is 6. The van der Waals surface area contributed by atoms with Crippen molar-refractivity contribution in [2.45, 2.75) is 65.1 Å². The normalized spacial score (nSPS) is 26.2. The minimum absolute atomic E-state index is 0. The van der Waals surface area contributed by atoms with Crippen LogP contribution < -0.4 is 0 Å². The third-order valence-corrected chi connectivity index (χ3v) is 5.37. The summed E-state index contributed by atoms with van der Waals surface area (Å²) in [6, 6.07) is 0. The first-order valence-electron chi connectivity index (χ1n) is 7.82. The third kappa shape index (κ3) is 9.66. The molecule has 1 radical (unpaired) electrons. The molecule has 1 rings (SSSR count). The third-order valence-electron chi connectivity index (χ3n) is 2.85. The SMILES string of the molecule is [C-]#[N+]CCOP(=S)(OC(C)C)O[C@@H]1[CH-][C@H](C)O[C@@H]1COC(C)C.[Y]. The Bertz CT molecular complexity index is 446. The molecule has 6 nitrogen and oxygen atoms in total. The predicted molar refractivity (Wildman–Crippen MR) is 92.5 cm³/mol. The monoisotopic (exact) mass is 453 g/mol. The van der Waals surface area contributed by atoms with Crippen LogP contribution in [-0.2, 0) is 67.6 Å². The van der Waals surface area contributed by atoms with E-state index in [9.17, 15) is 0 Å². The smallest absolute Gasteiger partial charge is 0.325 e. The molecular formula is C15H27NO5PSY-. The van der Waals surface area contributed by atoms with E-state index in [0.29, 0.717) is 6.61 Å². The van der Waals surface area contributed by atoms with E-state index < -0.39 is 6.72 Å². The molecule has 1 saturated heterocycles. The van der Waals surface area contributed by atoms with Crippen molar-refractivity contribution < 1.29 is 55.8 Å². The Balaban J connectivity index is 0.00000529. The Labute approximate surface area is 176 Å². The Hall–Kier alpha value is 1.04. The summed E-state index contributed by atoms with van der Waals surface area (Å²) in [4.78, 5) is 3.26. The van der Waals surface area contributed by atoms with Gasteiger partial charge < -0.3 is 27.9 Å². The van der Waals surface area contributed by atoms with E-state index in [2.05, 4.69) is 4.85 Å². The van der Waals surface area contributed by atoms with Gasteiger partial charge in [-0.25, -0.2) is 6.57 Å². The van der Waals surface area contributed by atoms with E-state index in [1.54, 1.807) is 0 Å². The Kier molecular flexibility index (Phi) is 13.0. The fraction of sp³-hybridized carbons (Fsp3) is 0.867. The van der Waals surface area contributed by atoms with E-state index in [-0.39, 0.29) is 76.4 Å². The molecule has 0 aromatic heterocycles. The number of hydrogen-bond donors (Lipinski definition) is 0. The second kappa shape index (κ2) is 12.4. The van der Waals surface area contributed by atoms with Gasteiger partial charge in [-0.05, 0) is 45.6 Å². The molecule has 1 heterocycles. The molecular weight excluding hydrogens is 426 g/mol. The van der Waals surface area contributed by atoms with Crippen LogP contribution in [0.4, 0.5) is 0 Å². The van der Waals surface area contributed by atoms with Crippen LogP contribution >= 0.6 is 6.72 Å². The van der Waals surface area contributed by atoms with Gasteiger partial charge in [0.2, 0.25) is 6.54 Å². The second-order valence-corrected chi connectivity index (χ2v) is 8.76. The van der Waals surface area contributed by atoms with Crippen LogP contribution in [0.1, 0.15) is 34.6 Å².